The van der Waals surface area contributed by atoms with Crippen LogP contribution in [-0.2, 0) is 20.0 Å². The fourth-order valence-corrected chi connectivity index (χ4v) is 5.59. The zero-order valence-electron chi connectivity index (χ0n) is 13.8. The third kappa shape index (κ3) is 2.56. The highest BCUT2D eigenvalue weighted by Gasteiger charge is 2.62. The van der Waals surface area contributed by atoms with Crippen molar-refractivity contribution in [1.82, 2.24) is 0 Å². The van der Waals surface area contributed by atoms with Crippen molar-refractivity contribution in [3.8, 4) is 0 Å². The van der Waals surface area contributed by atoms with Gasteiger partial charge in [0.15, 0.2) is 5.78 Å². The largest absolute Gasteiger partial charge is 0.342 e. The van der Waals surface area contributed by atoms with Gasteiger partial charge in [-0.2, -0.15) is 12.6 Å². The van der Waals surface area contributed by atoms with Gasteiger partial charge in [0, 0.05) is 23.3 Å². The molecular formula is C20H20O3S2. The molecular weight excluding hydrogens is 352 g/mol. The zero-order valence-corrected chi connectivity index (χ0v) is 15.5. The Morgan fingerprint density at radius 3 is 2.40 bits per heavy atom. The minimum atomic E-state index is -0.938. The maximum atomic E-state index is 13.0. The minimum Gasteiger partial charge on any atom is -0.342 e. The lowest BCUT2D eigenvalue weighted by molar-refractivity contribution is -0.196. The summed E-state index contributed by atoms with van der Waals surface area (Å²) in [5.74, 6) is 0.732. The number of ether oxygens (including phenoxy) is 2. The summed E-state index contributed by atoms with van der Waals surface area (Å²) in [6.07, 6.45) is 0.354. The van der Waals surface area contributed by atoms with Crippen molar-refractivity contribution >= 4 is 30.2 Å². The first-order chi connectivity index (χ1) is 12.2. The standard InChI is InChI=1S/C20H20O3S2/c21-18-14-19(25-13-12-24,15-6-2-1-3-7-15)20(22-10-11-23-20)17-9-5-4-8-16(17)18/h1-9,24H,10-14H2. The Morgan fingerprint density at radius 1 is 1.00 bits per heavy atom. The van der Waals surface area contributed by atoms with Crippen LogP contribution in [0.4, 0.5) is 0 Å². The number of thioether (sulfide) groups is 1. The van der Waals surface area contributed by atoms with Gasteiger partial charge in [0.2, 0.25) is 5.79 Å². The molecule has 2 aromatic carbocycles. The number of benzene rings is 2. The molecule has 0 amide bonds. The van der Waals surface area contributed by atoms with Crippen molar-refractivity contribution in [2.45, 2.75) is 17.0 Å². The van der Waals surface area contributed by atoms with E-state index in [1.54, 1.807) is 11.8 Å². The molecule has 0 bridgehead atoms. The van der Waals surface area contributed by atoms with Crippen LogP contribution in [-0.4, -0.2) is 30.5 Å². The Hall–Kier alpha value is -1.27. The molecule has 1 aliphatic carbocycles. The molecule has 1 unspecified atom stereocenters. The molecule has 130 valence electrons. The van der Waals surface area contributed by atoms with Crippen LogP contribution in [0.1, 0.15) is 27.9 Å². The minimum absolute atomic E-state index is 0.135. The van der Waals surface area contributed by atoms with E-state index in [2.05, 4.69) is 24.8 Å². The second kappa shape index (κ2) is 6.80. The van der Waals surface area contributed by atoms with Gasteiger partial charge < -0.3 is 9.47 Å². The summed E-state index contributed by atoms with van der Waals surface area (Å²) >= 11 is 6.11. The highest BCUT2D eigenvalue weighted by Crippen LogP contribution is 2.60. The lowest BCUT2D eigenvalue weighted by atomic mass is 9.73. The highest BCUT2D eigenvalue weighted by atomic mass is 32.2. The van der Waals surface area contributed by atoms with Crippen LogP contribution in [0.2, 0.25) is 0 Å². The van der Waals surface area contributed by atoms with Crippen LogP contribution in [0.25, 0.3) is 0 Å². The summed E-state index contributed by atoms with van der Waals surface area (Å²) < 4.78 is 12.0. The van der Waals surface area contributed by atoms with Crippen molar-refractivity contribution in [2.24, 2.45) is 0 Å². The molecule has 2 aromatic rings. The molecule has 1 fully saturated rings. The molecule has 0 saturated carbocycles. The Labute approximate surface area is 157 Å². The number of hydrogen-bond donors (Lipinski definition) is 1. The molecule has 1 heterocycles. The van der Waals surface area contributed by atoms with E-state index < -0.39 is 10.5 Å². The van der Waals surface area contributed by atoms with E-state index in [0.717, 1.165) is 22.6 Å². The maximum Gasteiger partial charge on any atom is 0.215 e. The van der Waals surface area contributed by atoms with Crippen LogP contribution >= 0.6 is 24.4 Å². The molecule has 1 spiro atoms. The van der Waals surface area contributed by atoms with Gasteiger partial charge in [-0.15, -0.1) is 11.8 Å². The van der Waals surface area contributed by atoms with Crippen molar-refractivity contribution < 1.29 is 14.3 Å². The highest BCUT2D eigenvalue weighted by molar-refractivity contribution is 8.01. The monoisotopic (exact) mass is 372 g/mol. The molecule has 3 nitrogen and oxygen atoms in total. The van der Waals surface area contributed by atoms with Crippen LogP contribution in [0.3, 0.4) is 0 Å². The smallest absolute Gasteiger partial charge is 0.215 e. The van der Waals surface area contributed by atoms with Gasteiger partial charge in [0.1, 0.15) is 4.75 Å². The van der Waals surface area contributed by atoms with Gasteiger partial charge in [-0.1, -0.05) is 54.6 Å². The van der Waals surface area contributed by atoms with E-state index in [1.165, 1.54) is 0 Å². The number of thiol groups is 1. The Balaban J connectivity index is 1.97. The van der Waals surface area contributed by atoms with Crippen molar-refractivity contribution in [3.05, 3.63) is 71.3 Å². The van der Waals surface area contributed by atoms with E-state index in [1.807, 2.05) is 42.5 Å². The second-order valence-corrected chi connectivity index (χ2v) is 8.07. The first-order valence-corrected chi connectivity index (χ1v) is 10.1. The third-order valence-electron chi connectivity index (χ3n) is 4.90. The fourth-order valence-electron chi connectivity index (χ4n) is 3.92. The first-order valence-electron chi connectivity index (χ1n) is 8.44. The van der Waals surface area contributed by atoms with Crippen molar-refractivity contribution in [3.63, 3.8) is 0 Å². The molecule has 5 heteroatoms. The summed E-state index contributed by atoms with van der Waals surface area (Å²) in [5.41, 5.74) is 2.62. The van der Waals surface area contributed by atoms with Crippen LogP contribution in [0.5, 0.6) is 0 Å². The molecule has 1 atom stereocenters. The summed E-state index contributed by atoms with van der Waals surface area (Å²) in [6, 6.07) is 17.8. The quantitative estimate of drug-likeness (QED) is 0.822. The van der Waals surface area contributed by atoms with Gasteiger partial charge in [-0.05, 0) is 11.3 Å². The van der Waals surface area contributed by atoms with Crippen molar-refractivity contribution in [2.75, 3.05) is 24.7 Å². The fraction of sp³-hybridized carbons (Fsp3) is 0.350. The number of ketones is 1. The first kappa shape index (κ1) is 17.2. The molecule has 4 rings (SSSR count). The number of carbonyl (C=O) groups is 1. The van der Waals surface area contributed by atoms with Crippen LogP contribution in [0.15, 0.2) is 54.6 Å². The molecule has 0 aromatic heterocycles. The Bertz CT molecular complexity index is 772. The summed E-state index contributed by atoms with van der Waals surface area (Å²) in [4.78, 5) is 13.0. The van der Waals surface area contributed by atoms with Gasteiger partial charge in [0.25, 0.3) is 0 Å². The van der Waals surface area contributed by atoms with Gasteiger partial charge >= 0.3 is 0 Å². The number of fused-ring (bicyclic) bond motifs is 2. The van der Waals surface area contributed by atoms with E-state index >= 15 is 0 Å². The zero-order chi connectivity index (χ0) is 17.3. The van der Waals surface area contributed by atoms with E-state index in [0.29, 0.717) is 25.2 Å². The lowest BCUT2D eigenvalue weighted by Crippen LogP contribution is -2.53. The van der Waals surface area contributed by atoms with E-state index in [9.17, 15) is 4.79 Å². The molecule has 2 aliphatic rings. The summed E-state index contributed by atoms with van der Waals surface area (Å²) in [5, 5.41) is 0. The predicted octanol–water partition coefficient (Wildman–Crippen LogP) is 4.03. The molecule has 0 N–H and O–H groups in total. The van der Waals surface area contributed by atoms with Crippen molar-refractivity contribution in [1.29, 1.82) is 0 Å². The Kier molecular flexibility index (Phi) is 4.67. The summed E-state index contributed by atoms with van der Waals surface area (Å²) in [6.45, 7) is 1.05. The van der Waals surface area contributed by atoms with Crippen LogP contribution in [0, 0.1) is 0 Å². The molecule has 1 aliphatic heterocycles. The second-order valence-electron chi connectivity index (χ2n) is 6.22. The SMILES string of the molecule is O=C1CC(SCCS)(c2ccccc2)C2(OCCO2)c2ccccc21. The average Bonchev–Trinajstić information content (AvgIpc) is 3.16. The third-order valence-corrected chi connectivity index (χ3v) is 6.97. The van der Waals surface area contributed by atoms with Crippen LogP contribution < -0.4 is 0 Å². The predicted molar refractivity (Wildman–Crippen MR) is 103 cm³/mol. The number of Topliss-reactive ketones (excluding diaryl/α,β-unsaturated/α-hetero) is 1. The number of rotatable bonds is 4. The van der Waals surface area contributed by atoms with Gasteiger partial charge in [-0.25, -0.2) is 0 Å². The van der Waals surface area contributed by atoms with E-state index in [-0.39, 0.29) is 5.78 Å². The molecule has 25 heavy (non-hydrogen) atoms. The Morgan fingerprint density at radius 2 is 1.68 bits per heavy atom. The molecule has 0 radical (unpaired) electrons. The summed E-state index contributed by atoms with van der Waals surface area (Å²) in [7, 11) is 0. The number of hydrogen-bond acceptors (Lipinski definition) is 5. The van der Waals surface area contributed by atoms with Gasteiger partial charge in [-0.3, -0.25) is 4.79 Å². The molecule has 1 saturated heterocycles. The van der Waals surface area contributed by atoms with Gasteiger partial charge in [0.05, 0.1) is 13.2 Å². The topological polar surface area (TPSA) is 35.5 Å². The van der Waals surface area contributed by atoms with E-state index in [4.69, 9.17) is 9.47 Å². The lowest BCUT2D eigenvalue weighted by Gasteiger charge is -2.49. The maximum absolute atomic E-state index is 13.0. The number of carbonyl (C=O) groups excluding carboxylic acids is 1. The average molecular weight is 373 g/mol. The normalized spacial score (nSPS) is 24.4.